The van der Waals surface area contributed by atoms with Crippen LogP contribution in [0.4, 0.5) is 11.4 Å². The van der Waals surface area contributed by atoms with Crippen LogP contribution in [0.1, 0.15) is 29.9 Å². The standard InChI is InChI=1S/C28H26N4/c1-32-16-13-23(14-17-32)21-6-9-25(10-7-21)31-28-12-15-30-27-11-8-24(18-26(27)28)22-4-2-20(19-29)3-5-22/h2-12,15,18,23H,13-14,16-17H2,1H3,(H,30,31). The Labute approximate surface area is 189 Å². The number of nitriles is 1. The SMILES string of the molecule is CN1CCC(c2ccc(Nc3ccnc4ccc(-c5ccc(C#N)cc5)cc34)cc2)CC1. The zero-order chi connectivity index (χ0) is 21.9. The molecule has 4 nitrogen and oxygen atoms in total. The van der Waals surface area contributed by atoms with Crippen molar-refractivity contribution in [3.05, 3.63) is 90.1 Å². The van der Waals surface area contributed by atoms with Crippen LogP contribution >= 0.6 is 0 Å². The highest BCUT2D eigenvalue weighted by atomic mass is 15.1. The molecule has 4 heteroatoms. The van der Waals surface area contributed by atoms with Crippen LogP contribution < -0.4 is 5.32 Å². The maximum absolute atomic E-state index is 9.05. The summed E-state index contributed by atoms with van der Waals surface area (Å²) in [5, 5.41) is 13.7. The summed E-state index contributed by atoms with van der Waals surface area (Å²) < 4.78 is 0. The van der Waals surface area contributed by atoms with Crippen molar-refractivity contribution >= 4 is 22.3 Å². The molecule has 0 spiro atoms. The fraction of sp³-hybridized carbons (Fsp3) is 0.214. The zero-order valence-corrected chi connectivity index (χ0v) is 18.3. The molecular weight excluding hydrogens is 392 g/mol. The highest BCUT2D eigenvalue weighted by Gasteiger charge is 2.18. The highest BCUT2D eigenvalue weighted by molar-refractivity contribution is 5.95. The number of rotatable bonds is 4. The van der Waals surface area contributed by atoms with Gasteiger partial charge in [-0.3, -0.25) is 4.98 Å². The van der Waals surface area contributed by atoms with Gasteiger partial charge in [0.05, 0.1) is 17.1 Å². The topological polar surface area (TPSA) is 52.0 Å². The van der Waals surface area contributed by atoms with Crippen molar-refractivity contribution in [1.82, 2.24) is 9.88 Å². The van der Waals surface area contributed by atoms with E-state index >= 15 is 0 Å². The van der Waals surface area contributed by atoms with Gasteiger partial charge >= 0.3 is 0 Å². The van der Waals surface area contributed by atoms with Crippen molar-refractivity contribution in [1.29, 1.82) is 5.26 Å². The lowest BCUT2D eigenvalue weighted by Crippen LogP contribution is -2.29. The van der Waals surface area contributed by atoms with Crippen LogP contribution in [0.2, 0.25) is 0 Å². The van der Waals surface area contributed by atoms with Gasteiger partial charge in [-0.1, -0.05) is 30.3 Å². The molecule has 2 heterocycles. The Morgan fingerprint density at radius 3 is 2.34 bits per heavy atom. The molecule has 0 atom stereocenters. The van der Waals surface area contributed by atoms with E-state index in [9.17, 15) is 0 Å². The number of anilines is 2. The van der Waals surface area contributed by atoms with E-state index in [2.05, 4.69) is 70.8 Å². The summed E-state index contributed by atoms with van der Waals surface area (Å²) in [7, 11) is 2.20. The van der Waals surface area contributed by atoms with E-state index in [0.717, 1.165) is 33.4 Å². The third kappa shape index (κ3) is 4.21. The number of piperidine rings is 1. The van der Waals surface area contributed by atoms with E-state index in [0.29, 0.717) is 11.5 Å². The molecule has 3 aromatic carbocycles. The minimum Gasteiger partial charge on any atom is -0.355 e. The summed E-state index contributed by atoms with van der Waals surface area (Å²) in [6.45, 7) is 2.35. The Morgan fingerprint density at radius 2 is 1.62 bits per heavy atom. The molecule has 1 fully saturated rings. The minimum absolute atomic E-state index is 0.664. The van der Waals surface area contributed by atoms with Crippen LogP contribution in [0.5, 0.6) is 0 Å². The van der Waals surface area contributed by atoms with Gasteiger partial charge in [-0.05, 0) is 98.1 Å². The van der Waals surface area contributed by atoms with Gasteiger partial charge in [0.25, 0.3) is 0 Å². The molecule has 158 valence electrons. The van der Waals surface area contributed by atoms with Crippen LogP contribution in [0.15, 0.2) is 79.0 Å². The molecule has 1 N–H and O–H groups in total. The van der Waals surface area contributed by atoms with Crippen LogP contribution in [0, 0.1) is 11.3 Å². The fourth-order valence-corrected chi connectivity index (χ4v) is 4.51. The van der Waals surface area contributed by atoms with Gasteiger partial charge in [0.2, 0.25) is 0 Å². The normalized spacial score (nSPS) is 14.9. The second-order valence-corrected chi connectivity index (χ2v) is 8.60. The van der Waals surface area contributed by atoms with E-state index in [1.54, 1.807) is 0 Å². The van der Waals surface area contributed by atoms with Crippen molar-refractivity contribution in [3.8, 4) is 17.2 Å². The molecule has 1 aromatic heterocycles. The van der Waals surface area contributed by atoms with E-state index in [1.165, 1.54) is 31.5 Å². The van der Waals surface area contributed by atoms with E-state index in [4.69, 9.17) is 5.26 Å². The zero-order valence-electron chi connectivity index (χ0n) is 18.3. The van der Waals surface area contributed by atoms with E-state index in [1.807, 2.05) is 36.5 Å². The predicted octanol–water partition coefficient (Wildman–Crippen LogP) is 6.33. The van der Waals surface area contributed by atoms with Gasteiger partial charge in [0, 0.05) is 23.0 Å². The quantitative estimate of drug-likeness (QED) is 0.421. The predicted molar refractivity (Wildman–Crippen MR) is 131 cm³/mol. The number of nitrogens with one attached hydrogen (secondary N) is 1. The summed E-state index contributed by atoms with van der Waals surface area (Å²) in [6.07, 6.45) is 4.31. The van der Waals surface area contributed by atoms with Crippen molar-refractivity contribution in [3.63, 3.8) is 0 Å². The number of hydrogen-bond donors (Lipinski definition) is 1. The molecule has 1 aliphatic rings. The molecular formula is C28H26N4. The molecule has 0 unspecified atom stereocenters. The Hall–Kier alpha value is -3.68. The number of nitrogens with zero attached hydrogens (tertiary/aromatic N) is 3. The number of benzene rings is 3. The Morgan fingerprint density at radius 1 is 0.906 bits per heavy atom. The number of hydrogen-bond acceptors (Lipinski definition) is 4. The van der Waals surface area contributed by atoms with Gasteiger partial charge in [-0.25, -0.2) is 0 Å². The number of aromatic nitrogens is 1. The van der Waals surface area contributed by atoms with Gasteiger partial charge < -0.3 is 10.2 Å². The third-order valence-electron chi connectivity index (χ3n) is 6.47. The maximum atomic E-state index is 9.05. The van der Waals surface area contributed by atoms with Crippen LogP contribution in [0.25, 0.3) is 22.0 Å². The molecule has 1 saturated heterocycles. The minimum atomic E-state index is 0.664. The first-order chi connectivity index (χ1) is 15.7. The molecule has 1 aliphatic heterocycles. The number of likely N-dealkylation sites (tertiary alicyclic amines) is 1. The van der Waals surface area contributed by atoms with Crippen molar-refractivity contribution in [2.24, 2.45) is 0 Å². The number of fused-ring (bicyclic) bond motifs is 1. The monoisotopic (exact) mass is 418 g/mol. The third-order valence-corrected chi connectivity index (χ3v) is 6.47. The number of pyridine rings is 1. The first-order valence-corrected chi connectivity index (χ1v) is 11.1. The van der Waals surface area contributed by atoms with Gasteiger partial charge in [-0.15, -0.1) is 0 Å². The van der Waals surface area contributed by atoms with Crippen molar-refractivity contribution in [2.45, 2.75) is 18.8 Å². The first kappa shape index (κ1) is 20.2. The first-order valence-electron chi connectivity index (χ1n) is 11.1. The lowest BCUT2D eigenvalue weighted by molar-refractivity contribution is 0.255. The summed E-state index contributed by atoms with van der Waals surface area (Å²) in [5.74, 6) is 0.664. The molecule has 0 saturated carbocycles. The molecule has 0 bridgehead atoms. The van der Waals surface area contributed by atoms with Gasteiger partial charge in [0.1, 0.15) is 0 Å². The molecule has 5 rings (SSSR count). The molecule has 0 aliphatic carbocycles. The summed E-state index contributed by atoms with van der Waals surface area (Å²) in [6, 6.07) is 27.1. The van der Waals surface area contributed by atoms with Gasteiger partial charge in [0.15, 0.2) is 0 Å². The highest BCUT2D eigenvalue weighted by Crippen LogP contribution is 2.32. The Bertz CT molecular complexity index is 1260. The molecule has 32 heavy (non-hydrogen) atoms. The average Bonchev–Trinajstić information content (AvgIpc) is 2.85. The summed E-state index contributed by atoms with van der Waals surface area (Å²) >= 11 is 0. The second-order valence-electron chi connectivity index (χ2n) is 8.60. The Kier molecular flexibility index (Phi) is 5.58. The van der Waals surface area contributed by atoms with Crippen LogP contribution in [-0.2, 0) is 0 Å². The van der Waals surface area contributed by atoms with Crippen molar-refractivity contribution in [2.75, 3.05) is 25.5 Å². The molecule has 0 amide bonds. The van der Waals surface area contributed by atoms with E-state index < -0.39 is 0 Å². The van der Waals surface area contributed by atoms with E-state index in [-0.39, 0.29) is 0 Å². The molecule has 0 radical (unpaired) electrons. The lowest BCUT2D eigenvalue weighted by Gasteiger charge is -2.29. The van der Waals surface area contributed by atoms with Gasteiger partial charge in [-0.2, -0.15) is 5.26 Å². The second kappa shape index (κ2) is 8.82. The fourth-order valence-electron chi connectivity index (χ4n) is 4.51. The lowest BCUT2D eigenvalue weighted by atomic mass is 9.89. The van der Waals surface area contributed by atoms with Crippen molar-refractivity contribution < 1.29 is 0 Å². The maximum Gasteiger partial charge on any atom is 0.0991 e. The molecule has 4 aromatic rings. The van der Waals surface area contributed by atoms with Crippen LogP contribution in [0.3, 0.4) is 0 Å². The Balaban J connectivity index is 1.40. The summed E-state index contributed by atoms with van der Waals surface area (Å²) in [5.41, 5.74) is 7.37. The largest absolute Gasteiger partial charge is 0.355 e. The average molecular weight is 419 g/mol. The van der Waals surface area contributed by atoms with Crippen LogP contribution in [-0.4, -0.2) is 30.0 Å². The summed E-state index contributed by atoms with van der Waals surface area (Å²) in [4.78, 5) is 6.95. The smallest absolute Gasteiger partial charge is 0.0991 e.